The summed E-state index contributed by atoms with van der Waals surface area (Å²) in [6.07, 6.45) is 8.10. The lowest BCUT2D eigenvalue weighted by Crippen LogP contribution is -2.52. The molecule has 0 aromatic carbocycles. The molecule has 0 radical (unpaired) electrons. The van der Waals surface area contributed by atoms with Crippen LogP contribution in [0.15, 0.2) is 11.6 Å². The molecule has 1 saturated heterocycles. The second kappa shape index (κ2) is 8.51. The molecule has 1 aliphatic heterocycles. The van der Waals surface area contributed by atoms with Gasteiger partial charge in [-0.05, 0) is 39.0 Å². The molecule has 2 atom stereocenters. The zero-order valence-electron chi connectivity index (χ0n) is 13.0. The molecule has 0 saturated carbocycles. The van der Waals surface area contributed by atoms with Crippen LogP contribution in [0.2, 0.25) is 0 Å². The van der Waals surface area contributed by atoms with Gasteiger partial charge in [0.05, 0.1) is 25.9 Å². The molecule has 120 valence electrons. The van der Waals surface area contributed by atoms with Crippen LogP contribution in [-0.2, 0) is 9.53 Å². The van der Waals surface area contributed by atoms with E-state index in [1.165, 1.54) is 31.3 Å². The predicted octanol–water partition coefficient (Wildman–Crippen LogP) is 1.07. The highest BCUT2D eigenvalue weighted by molar-refractivity contribution is 5.78. The van der Waals surface area contributed by atoms with Crippen LogP contribution in [0.3, 0.4) is 0 Å². The van der Waals surface area contributed by atoms with Crippen molar-refractivity contribution >= 4 is 5.91 Å². The Morgan fingerprint density at radius 2 is 2.38 bits per heavy atom. The molecule has 5 nitrogen and oxygen atoms in total. The molecular weight excluding hydrogens is 268 g/mol. The highest BCUT2D eigenvalue weighted by atomic mass is 16.5. The topological polar surface area (TPSA) is 61.8 Å². The van der Waals surface area contributed by atoms with E-state index in [4.69, 9.17) is 9.84 Å². The summed E-state index contributed by atoms with van der Waals surface area (Å²) in [5.41, 5.74) is 1.49. The minimum Gasteiger partial charge on any atom is -0.394 e. The lowest BCUT2D eigenvalue weighted by molar-refractivity contribution is -0.127. The Labute approximate surface area is 127 Å². The zero-order chi connectivity index (χ0) is 15.1. The van der Waals surface area contributed by atoms with Gasteiger partial charge in [0.2, 0.25) is 5.91 Å². The fraction of sp³-hybridized carbons (Fsp3) is 0.812. The van der Waals surface area contributed by atoms with E-state index < -0.39 is 0 Å². The quantitative estimate of drug-likeness (QED) is 0.720. The monoisotopic (exact) mass is 296 g/mol. The molecule has 21 heavy (non-hydrogen) atoms. The maximum Gasteiger partial charge on any atom is 0.234 e. The number of carbonyl (C=O) groups is 1. The lowest BCUT2D eigenvalue weighted by Gasteiger charge is -2.36. The standard InChI is InChI=1S/C16H28N2O3/c1-13-12-21-15(11-19)9-18(13)10-16(20)17-8-7-14-5-3-2-4-6-14/h5,13,15,19H,2-4,6-12H2,1H3,(H,17,20). The van der Waals surface area contributed by atoms with Gasteiger partial charge >= 0.3 is 0 Å². The number of amides is 1. The Morgan fingerprint density at radius 3 is 3.10 bits per heavy atom. The lowest BCUT2D eigenvalue weighted by atomic mass is 9.97. The van der Waals surface area contributed by atoms with E-state index in [2.05, 4.69) is 16.3 Å². The number of carbonyl (C=O) groups excluding carboxylic acids is 1. The Bertz CT molecular complexity index is 371. The smallest absolute Gasteiger partial charge is 0.234 e. The molecule has 1 aliphatic carbocycles. The zero-order valence-corrected chi connectivity index (χ0v) is 13.0. The maximum atomic E-state index is 12.0. The molecule has 5 heteroatoms. The molecule has 0 aromatic rings. The van der Waals surface area contributed by atoms with Gasteiger partial charge in [-0.1, -0.05) is 11.6 Å². The number of hydrogen-bond acceptors (Lipinski definition) is 4. The number of aliphatic hydroxyl groups excluding tert-OH is 1. The van der Waals surface area contributed by atoms with Crippen LogP contribution < -0.4 is 5.32 Å². The van der Waals surface area contributed by atoms with Crippen molar-refractivity contribution in [2.24, 2.45) is 0 Å². The van der Waals surface area contributed by atoms with Crippen LogP contribution in [0, 0.1) is 0 Å². The number of allylic oxidation sites excluding steroid dienone is 1. The summed E-state index contributed by atoms with van der Waals surface area (Å²) in [5, 5.41) is 12.2. The van der Waals surface area contributed by atoms with E-state index in [1.54, 1.807) is 0 Å². The average molecular weight is 296 g/mol. The van der Waals surface area contributed by atoms with E-state index in [-0.39, 0.29) is 24.7 Å². The van der Waals surface area contributed by atoms with Crippen molar-refractivity contribution in [3.05, 3.63) is 11.6 Å². The van der Waals surface area contributed by atoms with Crippen molar-refractivity contribution in [1.82, 2.24) is 10.2 Å². The van der Waals surface area contributed by atoms with Crippen molar-refractivity contribution in [2.45, 2.75) is 51.2 Å². The number of nitrogens with one attached hydrogen (secondary N) is 1. The Morgan fingerprint density at radius 1 is 1.52 bits per heavy atom. The van der Waals surface area contributed by atoms with Gasteiger partial charge in [-0.15, -0.1) is 0 Å². The summed E-state index contributed by atoms with van der Waals surface area (Å²) in [5.74, 6) is 0.0665. The maximum absolute atomic E-state index is 12.0. The Kier molecular flexibility index (Phi) is 6.67. The van der Waals surface area contributed by atoms with E-state index in [1.807, 2.05) is 6.92 Å². The molecular formula is C16H28N2O3. The molecule has 1 heterocycles. The molecule has 2 rings (SSSR count). The minimum absolute atomic E-state index is 0.0129. The molecule has 0 aromatic heterocycles. The van der Waals surface area contributed by atoms with Crippen LogP contribution in [0.1, 0.15) is 39.0 Å². The van der Waals surface area contributed by atoms with Gasteiger partial charge in [0.25, 0.3) is 0 Å². The summed E-state index contributed by atoms with van der Waals surface area (Å²) in [7, 11) is 0. The van der Waals surface area contributed by atoms with Crippen LogP contribution in [-0.4, -0.2) is 60.9 Å². The number of ether oxygens (including phenoxy) is 1. The van der Waals surface area contributed by atoms with Gasteiger partial charge in [-0.3, -0.25) is 9.69 Å². The van der Waals surface area contributed by atoms with Crippen LogP contribution >= 0.6 is 0 Å². The van der Waals surface area contributed by atoms with Crippen molar-refractivity contribution in [2.75, 3.05) is 32.8 Å². The van der Waals surface area contributed by atoms with Crippen molar-refractivity contribution < 1.29 is 14.6 Å². The van der Waals surface area contributed by atoms with E-state index in [0.717, 1.165) is 13.0 Å². The SMILES string of the molecule is CC1COC(CO)CN1CC(=O)NCCC1=CCCCC1. The Hall–Kier alpha value is -0.910. The number of hydrogen-bond donors (Lipinski definition) is 2. The highest BCUT2D eigenvalue weighted by Gasteiger charge is 2.26. The average Bonchev–Trinajstić information content (AvgIpc) is 2.50. The summed E-state index contributed by atoms with van der Waals surface area (Å²) in [6.45, 7) is 4.38. The largest absolute Gasteiger partial charge is 0.394 e. The summed E-state index contributed by atoms with van der Waals surface area (Å²) in [6, 6.07) is 0.222. The number of aliphatic hydroxyl groups is 1. The first-order valence-electron chi connectivity index (χ1n) is 8.10. The molecule has 0 spiro atoms. The molecule has 2 aliphatic rings. The van der Waals surface area contributed by atoms with Gasteiger partial charge in [0.1, 0.15) is 0 Å². The first-order valence-corrected chi connectivity index (χ1v) is 8.10. The van der Waals surface area contributed by atoms with Crippen LogP contribution in [0.25, 0.3) is 0 Å². The second-order valence-corrected chi connectivity index (χ2v) is 6.12. The van der Waals surface area contributed by atoms with E-state index in [9.17, 15) is 4.79 Å². The van der Waals surface area contributed by atoms with Crippen molar-refractivity contribution in [3.8, 4) is 0 Å². The fourth-order valence-corrected chi connectivity index (χ4v) is 2.94. The van der Waals surface area contributed by atoms with E-state index in [0.29, 0.717) is 19.7 Å². The third-order valence-corrected chi connectivity index (χ3v) is 4.34. The first kappa shape index (κ1) is 16.5. The van der Waals surface area contributed by atoms with Gasteiger partial charge in [-0.2, -0.15) is 0 Å². The normalized spacial score (nSPS) is 27.2. The summed E-state index contributed by atoms with van der Waals surface area (Å²) >= 11 is 0. The van der Waals surface area contributed by atoms with Crippen LogP contribution in [0.5, 0.6) is 0 Å². The molecule has 2 unspecified atom stereocenters. The number of nitrogens with zero attached hydrogens (tertiary/aromatic N) is 1. The Balaban J connectivity index is 1.67. The van der Waals surface area contributed by atoms with Crippen LogP contribution in [0.4, 0.5) is 0 Å². The molecule has 1 fully saturated rings. The van der Waals surface area contributed by atoms with Crippen molar-refractivity contribution in [3.63, 3.8) is 0 Å². The molecule has 0 bridgehead atoms. The number of morpholine rings is 1. The summed E-state index contributed by atoms with van der Waals surface area (Å²) in [4.78, 5) is 14.1. The third kappa shape index (κ3) is 5.41. The fourth-order valence-electron chi connectivity index (χ4n) is 2.94. The second-order valence-electron chi connectivity index (χ2n) is 6.12. The predicted molar refractivity (Wildman–Crippen MR) is 82.0 cm³/mol. The van der Waals surface area contributed by atoms with Crippen molar-refractivity contribution in [1.29, 1.82) is 0 Å². The first-order chi connectivity index (χ1) is 10.2. The van der Waals surface area contributed by atoms with Gasteiger partial charge in [-0.25, -0.2) is 0 Å². The van der Waals surface area contributed by atoms with Gasteiger partial charge in [0.15, 0.2) is 0 Å². The van der Waals surface area contributed by atoms with Gasteiger partial charge in [0, 0.05) is 19.1 Å². The highest BCUT2D eigenvalue weighted by Crippen LogP contribution is 2.19. The number of rotatable bonds is 6. The molecule has 1 amide bonds. The minimum atomic E-state index is -0.165. The molecule has 2 N–H and O–H groups in total. The third-order valence-electron chi connectivity index (χ3n) is 4.34. The van der Waals surface area contributed by atoms with E-state index >= 15 is 0 Å². The summed E-state index contributed by atoms with van der Waals surface area (Å²) < 4.78 is 5.48. The van der Waals surface area contributed by atoms with Gasteiger partial charge < -0.3 is 15.2 Å².